The number of benzene rings is 1. The van der Waals surface area contributed by atoms with Crippen LogP contribution in [-0.2, 0) is 6.42 Å². The van der Waals surface area contributed by atoms with Crippen molar-refractivity contribution in [1.82, 2.24) is 0 Å². The number of unbranched alkanes of at least 4 members (excludes halogenated alkanes) is 3. The highest BCUT2D eigenvalue weighted by Crippen LogP contribution is 2.24. The third-order valence-electron chi connectivity index (χ3n) is 2.96. The van der Waals surface area contributed by atoms with E-state index in [1.54, 1.807) is 0 Å². The lowest BCUT2D eigenvalue weighted by Crippen LogP contribution is -1.82. The Morgan fingerprint density at radius 2 is 1.72 bits per heavy atom. The van der Waals surface area contributed by atoms with Gasteiger partial charge in [0.05, 0.1) is 0 Å². The molecule has 1 radical (unpaired) electrons. The molecule has 1 aromatic heterocycles. The zero-order chi connectivity index (χ0) is 12.8. The van der Waals surface area contributed by atoms with Gasteiger partial charge in [-0.3, -0.25) is 0 Å². The van der Waals surface area contributed by atoms with E-state index >= 15 is 0 Å². The minimum Gasteiger partial charge on any atom is -0.461 e. The summed E-state index contributed by atoms with van der Waals surface area (Å²) in [5, 5.41) is 0.749. The molecule has 18 heavy (non-hydrogen) atoms. The molecule has 95 valence electrons. The molecule has 1 aromatic carbocycles. The summed E-state index contributed by atoms with van der Waals surface area (Å²) in [6.45, 7) is 3.85. The minimum absolute atomic E-state index is 0.749. The van der Waals surface area contributed by atoms with Gasteiger partial charge in [-0.2, -0.15) is 0 Å². The van der Waals surface area contributed by atoms with Gasteiger partial charge in [-0.25, -0.2) is 0 Å². The summed E-state index contributed by atoms with van der Waals surface area (Å²) < 4.78 is 5.83. The number of aryl methyl sites for hydroxylation is 1. The van der Waals surface area contributed by atoms with E-state index in [4.69, 9.17) is 16.0 Å². The highest BCUT2D eigenvalue weighted by atomic mass is 35.5. The van der Waals surface area contributed by atoms with Crippen LogP contribution in [0.1, 0.15) is 31.4 Å². The van der Waals surface area contributed by atoms with E-state index in [2.05, 4.69) is 13.0 Å². The van der Waals surface area contributed by atoms with Crippen LogP contribution in [-0.4, -0.2) is 0 Å². The molecule has 0 atom stereocenters. The zero-order valence-corrected chi connectivity index (χ0v) is 11.2. The monoisotopic (exact) mass is 261 g/mol. The van der Waals surface area contributed by atoms with Crippen LogP contribution in [0.3, 0.4) is 0 Å². The summed E-state index contributed by atoms with van der Waals surface area (Å²) in [5.41, 5.74) is 1.07. The molecule has 0 amide bonds. The van der Waals surface area contributed by atoms with Crippen LogP contribution in [0.4, 0.5) is 0 Å². The van der Waals surface area contributed by atoms with Crippen molar-refractivity contribution in [3.05, 3.63) is 54.1 Å². The standard InChI is InChI=1S/C16H18ClO/c1-2-3-4-5-6-15-11-12-16(18-15)13-7-9-14(17)10-8-13/h7-12H,1-6H2. The first-order valence-electron chi connectivity index (χ1n) is 6.43. The first-order chi connectivity index (χ1) is 8.79. The lowest BCUT2D eigenvalue weighted by Gasteiger charge is -1.99. The zero-order valence-electron chi connectivity index (χ0n) is 10.5. The second kappa shape index (κ2) is 6.65. The predicted octanol–water partition coefficient (Wildman–Crippen LogP) is 5.54. The fraction of sp³-hybridized carbons (Fsp3) is 0.312. The lowest BCUT2D eigenvalue weighted by molar-refractivity contribution is 0.506. The maximum absolute atomic E-state index is 5.87. The Kier molecular flexibility index (Phi) is 4.89. The first-order valence-corrected chi connectivity index (χ1v) is 6.81. The Bertz CT molecular complexity index is 470. The van der Waals surface area contributed by atoms with Crippen molar-refractivity contribution in [3.63, 3.8) is 0 Å². The van der Waals surface area contributed by atoms with Crippen LogP contribution in [0.2, 0.25) is 5.02 Å². The fourth-order valence-corrected chi connectivity index (χ4v) is 2.06. The molecule has 2 heteroatoms. The maximum Gasteiger partial charge on any atom is 0.134 e. The van der Waals surface area contributed by atoms with Crippen molar-refractivity contribution in [3.8, 4) is 11.3 Å². The lowest BCUT2D eigenvalue weighted by atomic mass is 10.1. The van der Waals surface area contributed by atoms with Gasteiger partial charge in [0.2, 0.25) is 0 Å². The third kappa shape index (κ3) is 3.64. The fourth-order valence-electron chi connectivity index (χ4n) is 1.93. The first kappa shape index (κ1) is 13.2. The maximum atomic E-state index is 5.87. The summed E-state index contributed by atoms with van der Waals surface area (Å²) in [6.07, 6.45) is 5.62. The average molecular weight is 262 g/mol. The highest BCUT2D eigenvalue weighted by molar-refractivity contribution is 6.30. The smallest absolute Gasteiger partial charge is 0.134 e. The van der Waals surface area contributed by atoms with Gasteiger partial charge in [0.1, 0.15) is 11.5 Å². The number of rotatable bonds is 6. The summed E-state index contributed by atoms with van der Waals surface area (Å²) in [4.78, 5) is 0. The van der Waals surface area contributed by atoms with E-state index in [1.807, 2.05) is 30.3 Å². The minimum atomic E-state index is 0.749. The summed E-state index contributed by atoms with van der Waals surface area (Å²) in [7, 11) is 0. The number of furan rings is 1. The Labute approximate surface area is 114 Å². The molecule has 0 saturated heterocycles. The Hall–Kier alpha value is -1.21. The average Bonchev–Trinajstić information content (AvgIpc) is 2.84. The van der Waals surface area contributed by atoms with Gasteiger partial charge in [0.15, 0.2) is 0 Å². The summed E-state index contributed by atoms with van der Waals surface area (Å²) in [6, 6.07) is 11.8. The second-order valence-electron chi connectivity index (χ2n) is 4.44. The van der Waals surface area contributed by atoms with Crippen LogP contribution in [0, 0.1) is 6.92 Å². The molecule has 1 heterocycles. The van der Waals surface area contributed by atoms with E-state index in [-0.39, 0.29) is 0 Å². The topological polar surface area (TPSA) is 13.1 Å². The van der Waals surface area contributed by atoms with Gasteiger partial charge in [-0.1, -0.05) is 37.8 Å². The Morgan fingerprint density at radius 3 is 2.44 bits per heavy atom. The molecule has 0 N–H and O–H groups in total. The summed E-state index contributed by atoms with van der Waals surface area (Å²) >= 11 is 5.87. The molecule has 2 aromatic rings. The van der Waals surface area contributed by atoms with Crippen LogP contribution in [0.15, 0.2) is 40.8 Å². The van der Waals surface area contributed by atoms with Crippen LogP contribution in [0.5, 0.6) is 0 Å². The van der Waals surface area contributed by atoms with E-state index in [9.17, 15) is 0 Å². The number of hydrogen-bond donors (Lipinski definition) is 0. The largest absolute Gasteiger partial charge is 0.461 e. The third-order valence-corrected chi connectivity index (χ3v) is 3.22. The Morgan fingerprint density at radius 1 is 0.944 bits per heavy atom. The molecule has 2 rings (SSSR count). The van der Waals surface area contributed by atoms with Gasteiger partial charge < -0.3 is 4.42 Å². The van der Waals surface area contributed by atoms with Crippen molar-refractivity contribution in [2.45, 2.75) is 32.1 Å². The molecule has 0 saturated carbocycles. The SMILES string of the molecule is [CH2]CCCCCc1ccc(-c2ccc(Cl)cc2)o1. The highest BCUT2D eigenvalue weighted by Gasteiger charge is 2.04. The van der Waals surface area contributed by atoms with Crippen molar-refractivity contribution in [1.29, 1.82) is 0 Å². The number of halogens is 1. The Balaban J connectivity index is 1.95. The van der Waals surface area contributed by atoms with Crippen molar-refractivity contribution < 1.29 is 4.42 Å². The molecule has 0 aliphatic rings. The van der Waals surface area contributed by atoms with Crippen LogP contribution in [0.25, 0.3) is 11.3 Å². The molecule has 0 bridgehead atoms. The number of hydrogen-bond acceptors (Lipinski definition) is 1. The van der Waals surface area contributed by atoms with E-state index in [1.165, 1.54) is 19.3 Å². The second-order valence-corrected chi connectivity index (χ2v) is 4.87. The summed E-state index contributed by atoms with van der Waals surface area (Å²) in [5.74, 6) is 1.97. The van der Waals surface area contributed by atoms with E-state index < -0.39 is 0 Å². The van der Waals surface area contributed by atoms with Crippen molar-refractivity contribution >= 4 is 11.6 Å². The molecule has 0 aliphatic carbocycles. The molecule has 0 fully saturated rings. The van der Waals surface area contributed by atoms with E-state index in [0.717, 1.165) is 34.9 Å². The van der Waals surface area contributed by atoms with E-state index in [0.29, 0.717) is 0 Å². The predicted molar refractivity (Wildman–Crippen MR) is 76.7 cm³/mol. The molecule has 0 spiro atoms. The quantitative estimate of drug-likeness (QED) is 0.623. The van der Waals surface area contributed by atoms with Crippen LogP contribution < -0.4 is 0 Å². The molecule has 0 unspecified atom stereocenters. The molecule has 1 nitrogen and oxygen atoms in total. The van der Waals surface area contributed by atoms with Gasteiger partial charge in [0.25, 0.3) is 0 Å². The van der Waals surface area contributed by atoms with Gasteiger partial charge in [-0.05, 0) is 42.8 Å². The molecular weight excluding hydrogens is 244 g/mol. The molecule has 0 aliphatic heterocycles. The van der Waals surface area contributed by atoms with Crippen molar-refractivity contribution in [2.24, 2.45) is 0 Å². The normalized spacial score (nSPS) is 10.8. The molecular formula is C16H18ClO. The van der Waals surface area contributed by atoms with Gasteiger partial charge >= 0.3 is 0 Å². The van der Waals surface area contributed by atoms with Gasteiger partial charge in [-0.15, -0.1) is 0 Å². The van der Waals surface area contributed by atoms with Gasteiger partial charge in [0, 0.05) is 17.0 Å². The van der Waals surface area contributed by atoms with Crippen LogP contribution >= 0.6 is 11.6 Å². The van der Waals surface area contributed by atoms with Crippen molar-refractivity contribution in [2.75, 3.05) is 0 Å².